The van der Waals surface area contributed by atoms with E-state index >= 15 is 0 Å². The number of nitrogens with zero attached hydrogens (tertiary/aromatic N) is 1. The molecule has 2 aliphatic rings. The lowest BCUT2D eigenvalue weighted by molar-refractivity contribution is 0.144. The van der Waals surface area contributed by atoms with E-state index in [0.717, 1.165) is 23.1 Å². The van der Waals surface area contributed by atoms with Gasteiger partial charge in [0.1, 0.15) is 0 Å². The van der Waals surface area contributed by atoms with Crippen molar-refractivity contribution >= 4 is 21.6 Å². The van der Waals surface area contributed by atoms with Gasteiger partial charge in [0.25, 0.3) is 0 Å². The summed E-state index contributed by atoms with van der Waals surface area (Å²) in [5.74, 6) is 0. The van der Waals surface area contributed by atoms with Crippen molar-refractivity contribution in [2.24, 2.45) is 5.41 Å². The van der Waals surface area contributed by atoms with Gasteiger partial charge in [-0.1, -0.05) is 35.2 Å². The second-order valence-corrected chi connectivity index (χ2v) is 7.39. The Morgan fingerprint density at radius 3 is 2.40 bits per heavy atom. The molecule has 0 unspecified atom stereocenters. The van der Waals surface area contributed by atoms with Crippen LogP contribution in [0.4, 0.5) is 5.69 Å². The largest absolute Gasteiger partial charge is 0.392 e. The van der Waals surface area contributed by atoms with E-state index in [9.17, 15) is 5.11 Å². The molecular weight excluding hydrogens is 314 g/mol. The number of benzene rings is 1. The molecule has 2 nitrogen and oxygen atoms in total. The summed E-state index contributed by atoms with van der Waals surface area (Å²) in [5.41, 5.74) is 2.91. The Morgan fingerprint density at radius 2 is 1.75 bits per heavy atom. The summed E-state index contributed by atoms with van der Waals surface area (Å²) in [6.45, 7) is 2.42. The minimum Gasteiger partial charge on any atom is -0.392 e. The van der Waals surface area contributed by atoms with Gasteiger partial charge in [-0.3, -0.25) is 0 Å². The Morgan fingerprint density at radius 1 is 1.05 bits per heavy atom. The van der Waals surface area contributed by atoms with Crippen molar-refractivity contribution in [2.75, 3.05) is 18.0 Å². The minimum absolute atomic E-state index is 0.121. The topological polar surface area (TPSA) is 23.5 Å². The van der Waals surface area contributed by atoms with Crippen LogP contribution >= 0.6 is 15.9 Å². The van der Waals surface area contributed by atoms with Crippen LogP contribution in [0.15, 0.2) is 22.7 Å². The summed E-state index contributed by atoms with van der Waals surface area (Å²) in [6, 6.07) is 6.27. The summed E-state index contributed by atoms with van der Waals surface area (Å²) in [7, 11) is 0. The molecule has 110 valence electrons. The maximum atomic E-state index is 9.57. The fraction of sp³-hybridized carbons (Fsp3) is 0.647. The van der Waals surface area contributed by atoms with E-state index in [1.54, 1.807) is 0 Å². The van der Waals surface area contributed by atoms with Gasteiger partial charge in [0, 0.05) is 28.8 Å². The van der Waals surface area contributed by atoms with Crippen LogP contribution in [0.5, 0.6) is 0 Å². The molecular formula is C17H24BrNO. The number of piperidine rings is 1. The first-order chi connectivity index (χ1) is 9.72. The normalized spacial score (nSPS) is 22.2. The van der Waals surface area contributed by atoms with Gasteiger partial charge in [0.15, 0.2) is 0 Å². The maximum Gasteiger partial charge on any atom is 0.0702 e. The number of hydrogen-bond acceptors (Lipinski definition) is 2. The monoisotopic (exact) mass is 337 g/mol. The molecule has 1 spiro atoms. The van der Waals surface area contributed by atoms with E-state index in [1.165, 1.54) is 50.6 Å². The van der Waals surface area contributed by atoms with Gasteiger partial charge in [-0.15, -0.1) is 0 Å². The number of rotatable bonds is 2. The predicted molar refractivity (Wildman–Crippen MR) is 87.0 cm³/mol. The molecule has 0 radical (unpaired) electrons. The highest BCUT2D eigenvalue weighted by Crippen LogP contribution is 2.45. The first-order valence-corrected chi connectivity index (χ1v) is 8.66. The van der Waals surface area contributed by atoms with Crippen LogP contribution in [0.1, 0.15) is 50.5 Å². The highest BCUT2D eigenvalue weighted by atomic mass is 79.9. The lowest BCUT2D eigenvalue weighted by Crippen LogP contribution is -2.41. The average Bonchev–Trinajstić information content (AvgIpc) is 2.49. The number of hydrogen-bond donors (Lipinski definition) is 1. The van der Waals surface area contributed by atoms with Crippen molar-refractivity contribution in [3.8, 4) is 0 Å². The minimum atomic E-state index is 0.121. The smallest absolute Gasteiger partial charge is 0.0702 e. The third-order valence-electron chi connectivity index (χ3n) is 5.29. The summed E-state index contributed by atoms with van der Waals surface area (Å²) in [4.78, 5) is 2.47. The zero-order valence-corrected chi connectivity index (χ0v) is 13.7. The molecule has 0 amide bonds. The van der Waals surface area contributed by atoms with Gasteiger partial charge in [0.2, 0.25) is 0 Å². The highest BCUT2D eigenvalue weighted by molar-refractivity contribution is 9.10. The van der Waals surface area contributed by atoms with Crippen LogP contribution in [-0.2, 0) is 6.61 Å². The Balaban J connectivity index is 1.71. The molecule has 1 saturated heterocycles. The number of aliphatic hydroxyl groups excluding tert-OH is 1. The molecule has 1 heterocycles. The first-order valence-electron chi connectivity index (χ1n) is 7.87. The summed E-state index contributed by atoms with van der Waals surface area (Å²) >= 11 is 3.49. The number of aliphatic hydroxyl groups is 1. The predicted octanol–water partition coefficient (Wildman–Crippen LogP) is 4.49. The molecule has 1 saturated carbocycles. The Kier molecular flexibility index (Phi) is 4.37. The van der Waals surface area contributed by atoms with Crippen molar-refractivity contribution in [1.29, 1.82) is 0 Å². The molecule has 1 aromatic carbocycles. The summed E-state index contributed by atoms with van der Waals surface area (Å²) in [5, 5.41) is 9.57. The Bertz CT molecular complexity index is 458. The second kappa shape index (κ2) is 6.07. The van der Waals surface area contributed by atoms with Crippen LogP contribution in [-0.4, -0.2) is 18.2 Å². The van der Waals surface area contributed by atoms with Crippen LogP contribution < -0.4 is 4.90 Å². The quantitative estimate of drug-likeness (QED) is 0.859. The van der Waals surface area contributed by atoms with Crippen LogP contribution in [0.3, 0.4) is 0 Å². The van der Waals surface area contributed by atoms with Crippen molar-refractivity contribution in [2.45, 2.75) is 51.6 Å². The van der Waals surface area contributed by atoms with E-state index in [2.05, 4.69) is 33.0 Å². The molecule has 1 aliphatic carbocycles. The molecule has 0 atom stereocenters. The highest BCUT2D eigenvalue weighted by Gasteiger charge is 2.35. The van der Waals surface area contributed by atoms with Crippen molar-refractivity contribution in [1.82, 2.24) is 0 Å². The van der Waals surface area contributed by atoms with Crippen molar-refractivity contribution in [3.05, 3.63) is 28.2 Å². The zero-order valence-electron chi connectivity index (χ0n) is 12.1. The molecule has 0 aromatic heterocycles. The van der Waals surface area contributed by atoms with Crippen molar-refractivity contribution in [3.63, 3.8) is 0 Å². The molecule has 1 aromatic rings. The van der Waals surface area contributed by atoms with Gasteiger partial charge in [-0.25, -0.2) is 0 Å². The van der Waals surface area contributed by atoms with Gasteiger partial charge in [-0.05, 0) is 49.3 Å². The summed E-state index contributed by atoms with van der Waals surface area (Å²) < 4.78 is 1.05. The molecule has 0 bridgehead atoms. The van der Waals surface area contributed by atoms with Crippen LogP contribution in [0.25, 0.3) is 0 Å². The fourth-order valence-electron chi connectivity index (χ4n) is 4.01. The first kappa shape index (κ1) is 14.4. The van der Waals surface area contributed by atoms with Crippen LogP contribution in [0.2, 0.25) is 0 Å². The standard InChI is InChI=1S/C17H24BrNO/c18-15-4-5-16(14(12-15)13-20)19-10-8-17(9-11-19)6-2-1-3-7-17/h4-5,12,20H,1-3,6-11,13H2. The van der Waals surface area contributed by atoms with Gasteiger partial charge >= 0.3 is 0 Å². The van der Waals surface area contributed by atoms with E-state index in [4.69, 9.17) is 0 Å². The molecule has 2 fully saturated rings. The van der Waals surface area contributed by atoms with Gasteiger partial charge < -0.3 is 10.0 Å². The van der Waals surface area contributed by atoms with Gasteiger partial charge in [-0.2, -0.15) is 0 Å². The Hall–Kier alpha value is -0.540. The third-order valence-corrected chi connectivity index (χ3v) is 5.78. The number of halogens is 1. The third kappa shape index (κ3) is 2.89. The van der Waals surface area contributed by atoms with Crippen molar-refractivity contribution < 1.29 is 5.11 Å². The molecule has 3 heteroatoms. The maximum absolute atomic E-state index is 9.57. The van der Waals surface area contributed by atoms with E-state index in [-0.39, 0.29) is 6.61 Å². The molecule has 20 heavy (non-hydrogen) atoms. The number of anilines is 1. The molecule has 1 N–H and O–H groups in total. The van der Waals surface area contributed by atoms with E-state index in [0.29, 0.717) is 5.41 Å². The van der Waals surface area contributed by atoms with E-state index < -0.39 is 0 Å². The van der Waals surface area contributed by atoms with E-state index in [1.807, 2.05) is 6.07 Å². The zero-order chi connectivity index (χ0) is 14.0. The SMILES string of the molecule is OCc1cc(Br)ccc1N1CCC2(CCCCC2)CC1. The fourth-order valence-corrected chi connectivity index (χ4v) is 4.42. The lowest BCUT2D eigenvalue weighted by atomic mass is 9.68. The molecule has 1 aliphatic heterocycles. The summed E-state index contributed by atoms with van der Waals surface area (Å²) in [6.07, 6.45) is 9.83. The van der Waals surface area contributed by atoms with Gasteiger partial charge in [0.05, 0.1) is 6.61 Å². The molecule has 3 rings (SSSR count). The lowest BCUT2D eigenvalue weighted by Gasteiger charge is -2.45. The Labute approximate surface area is 130 Å². The average molecular weight is 338 g/mol. The van der Waals surface area contributed by atoms with Crippen LogP contribution in [0, 0.1) is 5.41 Å². The second-order valence-electron chi connectivity index (χ2n) is 6.48.